The molecule has 0 fully saturated rings. The maximum absolute atomic E-state index is 12.2. The summed E-state index contributed by atoms with van der Waals surface area (Å²) in [6, 6.07) is 10.5. The number of carbonyl (C=O) groups is 1. The van der Waals surface area contributed by atoms with Crippen LogP contribution in [0.5, 0.6) is 5.75 Å². The molecule has 0 saturated heterocycles. The number of aliphatic hydroxyl groups is 1. The third-order valence-corrected chi connectivity index (χ3v) is 3.70. The molecular formula is C17H18N2O4. The third kappa shape index (κ3) is 3.22. The Morgan fingerprint density at radius 3 is 2.96 bits per heavy atom. The molecule has 0 aliphatic heterocycles. The van der Waals surface area contributed by atoms with Crippen LogP contribution in [0.4, 0.5) is 0 Å². The van der Waals surface area contributed by atoms with Crippen molar-refractivity contribution >= 4 is 16.8 Å². The highest BCUT2D eigenvalue weighted by atomic mass is 16.5. The fraction of sp³-hybridized carbons (Fsp3) is 0.235. The highest BCUT2D eigenvalue weighted by Gasteiger charge is 2.16. The van der Waals surface area contributed by atoms with Gasteiger partial charge in [0.05, 0.1) is 20.0 Å². The molecule has 0 spiro atoms. The van der Waals surface area contributed by atoms with Gasteiger partial charge in [0.15, 0.2) is 0 Å². The number of hydrogen-bond acceptors (Lipinski definition) is 4. The SMILES string of the molecule is COc1ccc2c(ccn2CC(=O)NC(CO)c2ccco2)c1. The lowest BCUT2D eigenvalue weighted by atomic mass is 10.2. The minimum absolute atomic E-state index is 0.160. The molecule has 3 rings (SSSR count). The molecule has 2 heterocycles. The third-order valence-electron chi connectivity index (χ3n) is 3.70. The number of aromatic nitrogens is 1. The van der Waals surface area contributed by atoms with E-state index in [9.17, 15) is 9.90 Å². The van der Waals surface area contributed by atoms with Crippen molar-refractivity contribution in [3.05, 3.63) is 54.6 Å². The summed E-state index contributed by atoms with van der Waals surface area (Å²) < 4.78 is 12.3. The van der Waals surface area contributed by atoms with E-state index in [2.05, 4.69) is 5.32 Å². The summed E-state index contributed by atoms with van der Waals surface area (Å²) in [5.41, 5.74) is 0.944. The molecule has 1 aromatic carbocycles. The fourth-order valence-corrected chi connectivity index (χ4v) is 2.53. The summed E-state index contributed by atoms with van der Waals surface area (Å²) >= 11 is 0. The maximum atomic E-state index is 12.2. The van der Waals surface area contributed by atoms with Crippen LogP contribution in [0.2, 0.25) is 0 Å². The van der Waals surface area contributed by atoms with Gasteiger partial charge in [0.2, 0.25) is 5.91 Å². The quantitative estimate of drug-likeness (QED) is 0.730. The van der Waals surface area contributed by atoms with Crippen LogP contribution in [0, 0.1) is 0 Å². The van der Waals surface area contributed by atoms with E-state index in [1.807, 2.05) is 35.0 Å². The largest absolute Gasteiger partial charge is 0.497 e. The monoisotopic (exact) mass is 314 g/mol. The van der Waals surface area contributed by atoms with Gasteiger partial charge < -0.3 is 24.1 Å². The summed E-state index contributed by atoms with van der Waals surface area (Å²) in [4.78, 5) is 12.2. The van der Waals surface area contributed by atoms with Crippen molar-refractivity contribution in [3.63, 3.8) is 0 Å². The number of fused-ring (bicyclic) bond motifs is 1. The molecule has 0 bridgehead atoms. The molecule has 1 atom stereocenters. The van der Waals surface area contributed by atoms with Gasteiger partial charge in [0.25, 0.3) is 0 Å². The molecule has 23 heavy (non-hydrogen) atoms. The van der Waals surface area contributed by atoms with Crippen molar-refractivity contribution in [2.24, 2.45) is 0 Å². The molecule has 3 aromatic rings. The van der Waals surface area contributed by atoms with Crippen LogP contribution >= 0.6 is 0 Å². The number of ether oxygens (including phenoxy) is 1. The van der Waals surface area contributed by atoms with Crippen LogP contribution in [0.25, 0.3) is 10.9 Å². The zero-order chi connectivity index (χ0) is 16.2. The Hall–Kier alpha value is -2.73. The Bertz CT molecular complexity index is 792. The molecule has 1 amide bonds. The Morgan fingerprint density at radius 1 is 1.39 bits per heavy atom. The highest BCUT2D eigenvalue weighted by Crippen LogP contribution is 2.22. The number of benzene rings is 1. The van der Waals surface area contributed by atoms with E-state index >= 15 is 0 Å². The first-order valence-electron chi connectivity index (χ1n) is 7.28. The lowest BCUT2D eigenvalue weighted by Crippen LogP contribution is -2.33. The summed E-state index contributed by atoms with van der Waals surface area (Å²) in [6.07, 6.45) is 3.36. The Labute approximate surface area is 133 Å². The first kappa shape index (κ1) is 15.2. The van der Waals surface area contributed by atoms with Crippen LogP contribution in [0.15, 0.2) is 53.3 Å². The van der Waals surface area contributed by atoms with Crippen molar-refractivity contribution in [1.82, 2.24) is 9.88 Å². The fourth-order valence-electron chi connectivity index (χ4n) is 2.53. The van der Waals surface area contributed by atoms with E-state index in [1.165, 1.54) is 6.26 Å². The molecular weight excluding hydrogens is 296 g/mol. The number of hydrogen-bond donors (Lipinski definition) is 2. The molecule has 2 aromatic heterocycles. The molecule has 0 saturated carbocycles. The van der Waals surface area contributed by atoms with Gasteiger partial charge in [0, 0.05) is 17.1 Å². The second-order valence-corrected chi connectivity index (χ2v) is 5.19. The van der Waals surface area contributed by atoms with E-state index in [1.54, 1.807) is 19.2 Å². The summed E-state index contributed by atoms with van der Waals surface area (Å²) in [5, 5.41) is 13.2. The first-order chi connectivity index (χ1) is 11.2. The van der Waals surface area contributed by atoms with E-state index in [0.29, 0.717) is 5.76 Å². The Kier molecular flexibility index (Phi) is 4.34. The van der Waals surface area contributed by atoms with Gasteiger partial charge in [-0.15, -0.1) is 0 Å². The van der Waals surface area contributed by atoms with Gasteiger partial charge in [0.1, 0.15) is 24.1 Å². The van der Waals surface area contributed by atoms with Crippen molar-refractivity contribution in [2.75, 3.05) is 13.7 Å². The minimum Gasteiger partial charge on any atom is -0.497 e. The molecule has 120 valence electrons. The summed E-state index contributed by atoms with van der Waals surface area (Å²) in [5.74, 6) is 1.11. The number of methoxy groups -OCH3 is 1. The number of rotatable bonds is 6. The second kappa shape index (κ2) is 6.58. The van der Waals surface area contributed by atoms with Crippen molar-refractivity contribution in [3.8, 4) is 5.75 Å². The molecule has 1 unspecified atom stereocenters. The van der Waals surface area contributed by atoms with E-state index in [-0.39, 0.29) is 19.1 Å². The maximum Gasteiger partial charge on any atom is 0.240 e. The molecule has 2 N–H and O–H groups in total. The highest BCUT2D eigenvalue weighted by molar-refractivity contribution is 5.84. The number of nitrogens with zero attached hydrogens (tertiary/aromatic N) is 1. The number of amides is 1. The average molecular weight is 314 g/mol. The van der Waals surface area contributed by atoms with Gasteiger partial charge in [-0.1, -0.05) is 0 Å². The Balaban J connectivity index is 1.72. The van der Waals surface area contributed by atoms with E-state index < -0.39 is 6.04 Å². The second-order valence-electron chi connectivity index (χ2n) is 5.19. The van der Waals surface area contributed by atoms with Gasteiger partial charge in [-0.25, -0.2) is 0 Å². The molecule has 0 aliphatic carbocycles. The first-order valence-corrected chi connectivity index (χ1v) is 7.28. The smallest absolute Gasteiger partial charge is 0.240 e. The topological polar surface area (TPSA) is 76.6 Å². The predicted octanol–water partition coefficient (Wildman–Crippen LogP) is 2.09. The number of furan rings is 1. The minimum atomic E-state index is -0.542. The van der Waals surface area contributed by atoms with E-state index in [0.717, 1.165) is 16.7 Å². The average Bonchev–Trinajstić information content (AvgIpc) is 3.22. The van der Waals surface area contributed by atoms with Crippen LogP contribution in [0.1, 0.15) is 11.8 Å². The molecule has 0 radical (unpaired) electrons. The van der Waals surface area contributed by atoms with Gasteiger partial charge in [-0.05, 0) is 36.4 Å². The number of carbonyl (C=O) groups excluding carboxylic acids is 1. The van der Waals surface area contributed by atoms with Crippen LogP contribution in [-0.4, -0.2) is 29.3 Å². The number of aliphatic hydroxyl groups excluding tert-OH is 1. The van der Waals surface area contributed by atoms with Gasteiger partial charge >= 0.3 is 0 Å². The van der Waals surface area contributed by atoms with Gasteiger partial charge in [-0.3, -0.25) is 4.79 Å². The Morgan fingerprint density at radius 2 is 2.26 bits per heavy atom. The van der Waals surface area contributed by atoms with Crippen LogP contribution in [0.3, 0.4) is 0 Å². The number of nitrogens with one attached hydrogen (secondary N) is 1. The molecule has 6 nitrogen and oxygen atoms in total. The molecule has 6 heteroatoms. The summed E-state index contributed by atoms with van der Waals surface area (Å²) in [6.45, 7) is -0.0596. The standard InChI is InChI=1S/C17H18N2O4/c1-22-13-4-5-15-12(9-13)6-7-19(15)10-17(21)18-14(11-20)16-3-2-8-23-16/h2-9,14,20H,10-11H2,1H3,(H,18,21). The lowest BCUT2D eigenvalue weighted by Gasteiger charge is -2.14. The van der Waals surface area contributed by atoms with Gasteiger partial charge in [-0.2, -0.15) is 0 Å². The zero-order valence-corrected chi connectivity index (χ0v) is 12.7. The van der Waals surface area contributed by atoms with Crippen LogP contribution < -0.4 is 10.1 Å². The van der Waals surface area contributed by atoms with Crippen molar-refractivity contribution in [1.29, 1.82) is 0 Å². The van der Waals surface area contributed by atoms with E-state index in [4.69, 9.17) is 9.15 Å². The lowest BCUT2D eigenvalue weighted by molar-refractivity contribution is -0.122. The van der Waals surface area contributed by atoms with Crippen molar-refractivity contribution < 1.29 is 19.1 Å². The zero-order valence-electron chi connectivity index (χ0n) is 12.7. The molecule has 0 aliphatic rings. The predicted molar refractivity (Wildman–Crippen MR) is 85.2 cm³/mol. The van der Waals surface area contributed by atoms with Crippen LogP contribution in [-0.2, 0) is 11.3 Å². The normalized spacial score (nSPS) is 12.3. The van der Waals surface area contributed by atoms with Crippen molar-refractivity contribution in [2.45, 2.75) is 12.6 Å². The summed E-state index contributed by atoms with van der Waals surface area (Å²) in [7, 11) is 1.62.